The maximum absolute atomic E-state index is 13.5. The van der Waals surface area contributed by atoms with Crippen LogP contribution in [0.4, 0.5) is 21.6 Å². The second-order valence-electron chi connectivity index (χ2n) is 5.74. The van der Waals surface area contributed by atoms with E-state index in [0.717, 1.165) is 0 Å². The summed E-state index contributed by atoms with van der Waals surface area (Å²) >= 11 is 3.20. The fourth-order valence-corrected chi connectivity index (χ4v) is 2.66. The Kier molecular flexibility index (Phi) is 5.66. The molecule has 0 unspecified atom stereocenters. The number of aromatic nitrogens is 2. The smallest absolute Gasteiger partial charge is 0.248 e. The monoisotopic (exact) mass is 430 g/mol. The predicted molar refractivity (Wildman–Crippen MR) is 107 cm³/mol. The molecule has 0 fully saturated rings. The largest absolute Gasteiger partial charge is 0.506 e. The normalized spacial score (nSPS) is 11.1. The molecule has 6 nitrogen and oxygen atoms in total. The van der Waals surface area contributed by atoms with Crippen molar-refractivity contribution in [3.8, 4) is 5.75 Å². The van der Waals surface area contributed by atoms with Gasteiger partial charge < -0.3 is 15.7 Å². The van der Waals surface area contributed by atoms with E-state index in [1.807, 2.05) is 0 Å². The molecule has 0 saturated heterocycles. The number of allylic oxidation sites excluding steroid dienone is 1. The molecule has 0 atom stereocenters. The summed E-state index contributed by atoms with van der Waals surface area (Å²) in [5.74, 6) is -0.299. The lowest BCUT2D eigenvalue weighted by Crippen LogP contribution is -2.08. The van der Waals surface area contributed by atoms with E-state index >= 15 is 0 Å². The van der Waals surface area contributed by atoms with Crippen molar-refractivity contribution in [1.29, 1.82) is 0 Å². The van der Waals surface area contributed by atoms with Gasteiger partial charge in [0.2, 0.25) is 5.91 Å². The van der Waals surface area contributed by atoms with Gasteiger partial charge in [0.15, 0.2) is 0 Å². The number of phenols is 1. The fourth-order valence-electron chi connectivity index (χ4n) is 2.48. The van der Waals surface area contributed by atoms with Gasteiger partial charge in [-0.3, -0.25) is 4.79 Å². The van der Waals surface area contributed by atoms with E-state index in [4.69, 9.17) is 0 Å². The summed E-state index contributed by atoms with van der Waals surface area (Å²) in [5, 5.41) is 17.0. The van der Waals surface area contributed by atoms with Crippen LogP contribution in [0.25, 0.3) is 10.9 Å². The predicted octanol–water partition coefficient (Wildman–Crippen LogP) is 4.42. The number of fused-ring (bicyclic) bond motifs is 1. The van der Waals surface area contributed by atoms with Crippen LogP contribution in [0.15, 0.2) is 48.8 Å². The number of nitrogens with one attached hydrogen (secondary N) is 2. The SMILES string of the molecule is Cc1cc(Nc2ncnc3cc(O)c(NC(=O)/C=C/CBr)cc23)ccc1F. The third-order valence-corrected chi connectivity index (χ3v) is 4.16. The number of aromatic hydroxyl groups is 1. The summed E-state index contributed by atoms with van der Waals surface area (Å²) in [6, 6.07) is 7.67. The number of aryl methyl sites for hydroxylation is 1. The second-order valence-corrected chi connectivity index (χ2v) is 6.39. The van der Waals surface area contributed by atoms with Gasteiger partial charge in [0.05, 0.1) is 11.2 Å². The molecule has 2 aromatic carbocycles. The molecule has 1 aromatic heterocycles. The van der Waals surface area contributed by atoms with Gasteiger partial charge in [0.25, 0.3) is 0 Å². The average molecular weight is 431 g/mol. The van der Waals surface area contributed by atoms with Crippen molar-refractivity contribution in [2.45, 2.75) is 6.92 Å². The minimum Gasteiger partial charge on any atom is -0.506 e. The Balaban J connectivity index is 1.98. The van der Waals surface area contributed by atoms with Crippen LogP contribution in [0, 0.1) is 12.7 Å². The van der Waals surface area contributed by atoms with Crippen molar-refractivity contribution in [1.82, 2.24) is 9.97 Å². The van der Waals surface area contributed by atoms with Crippen LogP contribution in [-0.2, 0) is 4.79 Å². The van der Waals surface area contributed by atoms with Crippen LogP contribution in [0.1, 0.15) is 5.56 Å². The molecule has 0 aliphatic heterocycles. The highest BCUT2D eigenvalue weighted by Crippen LogP contribution is 2.32. The molecule has 1 amide bonds. The number of alkyl halides is 1. The van der Waals surface area contributed by atoms with E-state index in [1.165, 1.54) is 24.5 Å². The van der Waals surface area contributed by atoms with Crippen molar-refractivity contribution in [3.05, 3.63) is 60.2 Å². The topological polar surface area (TPSA) is 87.1 Å². The first-order valence-electron chi connectivity index (χ1n) is 8.02. The van der Waals surface area contributed by atoms with Gasteiger partial charge in [0, 0.05) is 28.5 Å². The molecular formula is C19H16BrFN4O2. The van der Waals surface area contributed by atoms with Crippen LogP contribution in [0.5, 0.6) is 5.75 Å². The lowest BCUT2D eigenvalue weighted by atomic mass is 10.1. The molecule has 0 aliphatic carbocycles. The Morgan fingerprint density at radius 3 is 2.85 bits per heavy atom. The van der Waals surface area contributed by atoms with Gasteiger partial charge in [-0.15, -0.1) is 0 Å². The zero-order valence-corrected chi connectivity index (χ0v) is 15.9. The number of rotatable bonds is 5. The summed E-state index contributed by atoms with van der Waals surface area (Å²) in [7, 11) is 0. The number of hydrogen-bond donors (Lipinski definition) is 3. The number of carbonyl (C=O) groups is 1. The van der Waals surface area contributed by atoms with E-state index < -0.39 is 0 Å². The summed E-state index contributed by atoms with van der Waals surface area (Å²) in [4.78, 5) is 20.3. The van der Waals surface area contributed by atoms with E-state index in [-0.39, 0.29) is 23.2 Å². The zero-order chi connectivity index (χ0) is 19.4. The first-order valence-corrected chi connectivity index (χ1v) is 9.14. The lowest BCUT2D eigenvalue weighted by Gasteiger charge is -2.12. The van der Waals surface area contributed by atoms with E-state index in [0.29, 0.717) is 33.3 Å². The van der Waals surface area contributed by atoms with Gasteiger partial charge in [-0.05, 0) is 36.8 Å². The van der Waals surface area contributed by atoms with Gasteiger partial charge in [0.1, 0.15) is 23.7 Å². The van der Waals surface area contributed by atoms with Crippen LogP contribution in [0.2, 0.25) is 0 Å². The molecule has 3 N–H and O–H groups in total. The van der Waals surface area contributed by atoms with Crippen molar-refractivity contribution < 1.29 is 14.3 Å². The minimum atomic E-state index is -0.371. The summed E-state index contributed by atoms with van der Waals surface area (Å²) < 4.78 is 13.5. The van der Waals surface area contributed by atoms with Gasteiger partial charge in [-0.1, -0.05) is 22.0 Å². The van der Waals surface area contributed by atoms with E-state index in [9.17, 15) is 14.3 Å². The minimum absolute atomic E-state index is 0.106. The van der Waals surface area contributed by atoms with E-state index in [2.05, 4.69) is 36.5 Å². The van der Waals surface area contributed by atoms with Crippen LogP contribution < -0.4 is 10.6 Å². The number of benzene rings is 2. The number of nitrogens with zero attached hydrogens (tertiary/aromatic N) is 2. The molecule has 1 heterocycles. The Morgan fingerprint density at radius 2 is 2.11 bits per heavy atom. The highest BCUT2D eigenvalue weighted by molar-refractivity contribution is 9.09. The molecule has 27 heavy (non-hydrogen) atoms. The Hall–Kier alpha value is -3.00. The maximum atomic E-state index is 13.5. The van der Waals surface area contributed by atoms with Crippen molar-refractivity contribution in [2.24, 2.45) is 0 Å². The fraction of sp³-hybridized carbons (Fsp3) is 0.105. The first kappa shape index (κ1) is 18.8. The second kappa shape index (κ2) is 8.13. The van der Waals surface area contributed by atoms with Gasteiger partial charge in [-0.25, -0.2) is 14.4 Å². The molecular weight excluding hydrogens is 415 g/mol. The Bertz CT molecular complexity index is 1040. The Morgan fingerprint density at radius 1 is 1.30 bits per heavy atom. The van der Waals surface area contributed by atoms with Crippen molar-refractivity contribution >= 4 is 49.9 Å². The molecule has 0 spiro atoms. The number of amides is 1. The van der Waals surface area contributed by atoms with Crippen LogP contribution in [-0.4, -0.2) is 26.3 Å². The van der Waals surface area contributed by atoms with Crippen LogP contribution >= 0.6 is 15.9 Å². The highest BCUT2D eigenvalue weighted by atomic mass is 79.9. The quantitative estimate of drug-likeness (QED) is 0.316. The maximum Gasteiger partial charge on any atom is 0.248 e. The number of hydrogen-bond acceptors (Lipinski definition) is 5. The molecule has 0 aliphatic rings. The van der Waals surface area contributed by atoms with Crippen molar-refractivity contribution in [3.63, 3.8) is 0 Å². The number of carbonyl (C=O) groups excluding carboxylic acids is 1. The van der Waals surface area contributed by atoms with Gasteiger partial charge in [-0.2, -0.15) is 0 Å². The van der Waals surface area contributed by atoms with Crippen molar-refractivity contribution in [2.75, 3.05) is 16.0 Å². The molecule has 0 radical (unpaired) electrons. The average Bonchev–Trinajstić information content (AvgIpc) is 2.64. The molecule has 0 bridgehead atoms. The summed E-state index contributed by atoms with van der Waals surface area (Å²) in [5.41, 5.74) is 1.90. The standard InChI is InChI=1S/C19H16BrFN4O2/c1-11-7-12(4-5-14(11)21)24-19-13-8-16(25-18(27)3-2-6-20)17(26)9-15(13)22-10-23-19/h2-5,7-10,26H,6H2,1H3,(H,25,27)(H,22,23,24)/b3-2+. The molecule has 3 rings (SSSR count). The van der Waals surface area contributed by atoms with E-state index in [1.54, 1.807) is 31.2 Å². The Labute approximate surface area is 163 Å². The lowest BCUT2D eigenvalue weighted by molar-refractivity contribution is -0.111. The molecule has 3 aromatic rings. The first-order chi connectivity index (χ1) is 13.0. The number of halogens is 2. The van der Waals surface area contributed by atoms with Crippen LogP contribution in [0.3, 0.4) is 0 Å². The molecule has 138 valence electrons. The summed E-state index contributed by atoms with van der Waals surface area (Å²) in [6.45, 7) is 1.67. The third-order valence-electron chi connectivity index (χ3n) is 3.79. The number of phenolic OH excluding ortho intramolecular Hbond substituents is 1. The zero-order valence-electron chi connectivity index (χ0n) is 14.3. The molecule has 0 saturated carbocycles. The summed E-state index contributed by atoms with van der Waals surface area (Å²) in [6.07, 6.45) is 4.36. The highest BCUT2D eigenvalue weighted by Gasteiger charge is 2.11. The molecule has 8 heteroatoms. The number of anilines is 3. The third kappa shape index (κ3) is 4.40. The van der Waals surface area contributed by atoms with Gasteiger partial charge >= 0.3 is 0 Å².